The minimum atomic E-state index is -0.905. The average molecular weight is 457 g/mol. The van der Waals surface area contributed by atoms with E-state index in [0.717, 1.165) is 34.6 Å². The van der Waals surface area contributed by atoms with E-state index in [-0.39, 0.29) is 30.3 Å². The number of para-hydroxylation sites is 1. The summed E-state index contributed by atoms with van der Waals surface area (Å²) < 4.78 is 0. The smallest absolute Gasteiger partial charge is 0.325 e. The van der Waals surface area contributed by atoms with Gasteiger partial charge in [-0.15, -0.1) is 0 Å². The molecule has 1 saturated heterocycles. The molecule has 0 aromatic heterocycles. The van der Waals surface area contributed by atoms with Gasteiger partial charge >= 0.3 is 6.03 Å². The van der Waals surface area contributed by atoms with Crippen LogP contribution in [0.2, 0.25) is 0 Å². The van der Waals surface area contributed by atoms with Crippen LogP contribution in [0.3, 0.4) is 0 Å². The molecule has 1 heterocycles. The maximum Gasteiger partial charge on any atom is 0.325 e. The van der Waals surface area contributed by atoms with Crippen LogP contribution in [-0.2, 0) is 14.4 Å². The van der Waals surface area contributed by atoms with Crippen molar-refractivity contribution < 1.29 is 19.2 Å². The van der Waals surface area contributed by atoms with Crippen molar-refractivity contribution in [3.8, 4) is 0 Å². The molecular formula is C25H36N4O4. The lowest BCUT2D eigenvalue weighted by Gasteiger charge is -2.40. The molecule has 0 unspecified atom stereocenters. The van der Waals surface area contributed by atoms with E-state index in [1.807, 2.05) is 32.0 Å². The predicted molar refractivity (Wildman–Crippen MR) is 127 cm³/mol. The molecule has 5 amide bonds. The van der Waals surface area contributed by atoms with Gasteiger partial charge in [0.15, 0.2) is 0 Å². The van der Waals surface area contributed by atoms with Crippen molar-refractivity contribution in [3.05, 3.63) is 29.3 Å². The standard InChI is InChI=1S/C25H36N4O4/c1-16-8-7-9-17(2)21(16)26-19(30)14-28(6)20(31)15-29-22(32)25(27-23(29)33)12-10-18(11-13-25)24(3,4)5/h7-9,18H,10-15H2,1-6H3,(H,26,30)(H,27,33). The number of amides is 5. The van der Waals surface area contributed by atoms with Gasteiger partial charge in [-0.05, 0) is 62.0 Å². The van der Waals surface area contributed by atoms with Gasteiger partial charge in [0.2, 0.25) is 11.8 Å². The van der Waals surface area contributed by atoms with Crippen molar-refractivity contribution in [1.29, 1.82) is 0 Å². The highest BCUT2D eigenvalue weighted by molar-refractivity contribution is 6.09. The van der Waals surface area contributed by atoms with E-state index in [0.29, 0.717) is 18.8 Å². The quantitative estimate of drug-likeness (QED) is 0.665. The van der Waals surface area contributed by atoms with Gasteiger partial charge in [-0.25, -0.2) is 4.79 Å². The Morgan fingerprint density at radius 3 is 2.27 bits per heavy atom. The number of aryl methyl sites for hydroxylation is 2. The van der Waals surface area contributed by atoms with Crippen molar-refractivity contribution >= 4 is 29.4 Å². The van der Waals surface area contributed by atoms with Crippen molar-refractivity contribution in [3.63, 3.8) is 0 Å². The van der Waals surface area contributed by atoms with E-state index in [1.54, 1.807) is 0 Å². The molecule has 0 atom stereocenters. The third-order valence-electron chi connectivity index (χ3n) is 7.16. The Morgan fingerprint density at radius 1 is 1.15 bits per heavy atom. The Labute approximate surface area is 196 Å². The molecule has 8 heteroatoms. The zero-order chi connectivity index (χ0) is 24.6. The summed E-state index contributed by atoms with van der Waals surface area (Å²) in [5, 5.41) is 5.70. The molecule has 2 fully saturated rings. The number of benzene rings is 1. The van der Waals surface area contributed by atoms with Crippen molar-refractivity contribution in [2.75, 3.05) is 25.5 Å². The SMILES string of the molecule is Cc1cccc(C)c1NC(=O)CN(C)C(=O)CN1C(=O)NC2(CCC(C(C)(C)C)CC2)C1=O. The molecule has 8 nitrogen and oxygen atoms in total. The molecule has 33 heavy (non-hydrogen) atoms. The van der Waals surface area contributed by atoms with Crippen LogP contribution in [0.25, 0.3) is 0 Å². The summed E-state index contributed by atoms with van der Waals surface area (Å²) in [5.41, 5.74) is 1.84. The fourth-order valence-electron chi connectivity index (χ4n) is 4.89. The summed E-state index contributed by atoms with van der Waals surface area (Å²) in [4.78, 5) is 53.2. The lowest BCUT2D eigenvalue weighted by atomic mass is 9.67. The first kappa shape index (κ1) is 24.7. The van der Waals surface area contributed by atoms with E-state index in [9.17, 15) is 19.2 Å². The number of hydrogen-bond donors (Lipinski definition) is 2. The zero-order valence-electron chi connectivity index (χ0n) is 20.6. The van der Waals surface area contributed by atoms with Crippen molar-refractivity contribution in [2.45, 2.75) is 65.8 Å². The number of rotatable bonds is 5. The molecule has 2 aliphatic rings. The molecule has 1 saturated carbocycles. The summed E-state index contributed by atoms with van der Waals surface area (Å²) in [6, 6.07) is 5.19. The molecular weight excluding hydrogens is 420 g/mol. The van der Waals surface area contributed by atoms with E-state index >= 15 is 0 Å². The van der Waals surface area contributed by atoms with Gasteiger partial charge in [-0.3, -0.25) is 19.3 Å². The van der Waals surface area contributed by atoms with Crippen LogP contribution >= 0.6 is 0 Å². The molecule has 1 aliphatic carbocycles. The maximum atomic E-state index is 13.1. The number of urea groups is 1. The first-order chi connectivity index (χ1) is 15.3. The second kappa shape index (κ2) is 9.15. The number of hydrogen-bond acceptors (Lipinski definition) is 4. The van der Waals surface area contributed by atoms with Gasteiger partial charge in [-0.1, -0.05) is 39.0 Å². The molecule has 1 spiro atoms. The van der Waals surface area contributed by atoms with Gasteiger partial charge in [0, 0.05) is 12.7 Å². The first-order valence-electron chi connectivity index (χ1n) is 11.6. The van der Waals surface area contributed by atoms with E-state index < -0.39 is 17.5 Å². The van der Waals surface area contributed by atoms with Crippen molar-refractivity contribution in [1.82, 2.24) is 15.1 Å². The normalized spacial score (nSPS) is 23.0. The van der Waals surface area contributed by atoms with E-state index in [4.69, 9.17) is 0 Å². The van der Waals surface area contributed by atoms with Crippen LogP contribution in [0.5, 0.6) is 0 Å². The summed E-state index contributed by atoms with van der Waals surface area (Å²) in [5.74, 6) is -0.639. The topological polar surface area (TPSA) is 98.8 Å². The summed E-state index contributed by atoms with van der Waals surface area (Å²) in [6.45, 7) is 9.85. The molecule has 3 rings (SSSR count). The number of carbonyl (C=O) groups is 4. The Balaban J connectivity index is 1.58. The number of nitrogens with zero attached hydrogens (tertiary/aromatic N) is 2. The molecule has 0 bridgehead atoms. The van der Waals surface area contributed by atoms with E-state index in [1.165, 1.54) is 11.9 Å². The number of imide groups is 1. The minimum Gasteiger partial charge on any atom is -0.335 e. The highest BCUT2D eigenvalue weighted by atomic mass is 16.2. The van der Waals surface area contributed by atoms with Gasteiger partial charge in [0.25, 0.3) is 5.91 Å². The van der Waals surface area contributed by atoms with Crippen LogP contribution in [-0.4, -0.2) is 59.2 Å². The summed E-state index contributed by atoms with van der Waals surface area (Å²) >= 11 is 0. The zero-order valence-corrected chi connectivity index (χ0v) is 20.6. The van der Waals surface area contributed by atoms with Crippen molar-refractivity contribution in [2.24, 2.45) is 11.3 Å². The molecule has 1 aliphatic heterocycles. The molecule has 2 N–H and O–H groups in total. The number of likely N-dealkylation sites (N-methyl/N-ethyl adjacent to an activating group) is 1. The van der Waals surface area contributed by atoms with Crippen LogP contribution in [0.15, 0.2) is 18.2 Å². The van der Waals surface area contributed by atoms with E-state index in [2.05, 4.69) is 31.4 Å². The highest BCUT2D eigenvalue weighted by Crippen LogP contribution is 2.43. The summed E-state index contributed by atoms with van der Waals surface area (Å²) in [6.07, 6.45) is 2.88. The lowest BCUT2D eigenvalue weighted by molar-refractivity contribution is -0.140. The lowest BCUT2D eigenvalue weighted by Crippen LogP contribution is -2.51. The fraction of sp³-hybridized carbons (Fsp3) is 0.600. The van der Waals surface area contributed by atoms with Gasteiger partial charge in [0.1, 0.15) is 12.1 Å². The second-order valence-corrected chi connectivity index (χ2v) is 10.6. The Bertz CT molecular complexity index is 937. The number of anilines is 1. The van der Waals surface area contributed by atoms with Gasteiger partial charge < -0.3 is 15.5 Å². The average Bonchev–Trinajstić information content (AvgIpc) is 2.94. The van der Waals surface area contributed by atoms with Crippen LogP contribution in [0, 0.1) is 25.2 Å². The summed E-state index contributed by atoms with van der Waals surface area (Å²) in [7, 11) is 1.50. The van der Waals surface area contributed by atoms with Gasteiger partial charge in [0.05, 0.1) is 6.54 Å². The third-order valence-corrected chi connectivity index (χ3v) is 7.16. The molecule has 0 radical (unpaired) electrons. The molecule has 1 aromatic rings. The Kier molecular flexibility index (Phi) is 6.86. The maximum absolute atomic E-state index is 13.1. The predicted octanol–water partition coefficient (Wildman–Crippen LogP) is 3.23. The van der Waals surface area contributed by atoms with Crippen LogP contribution in [0.4, 0.5) is 10.5 Å². The first-order valence-corrected chi connectivity index (χ1v) is 11.6. The monoisotopic (exact) mass is 456 g/mol. The molecule has 180 valence electrons. The third kappa shape index (κ3) is 5.20. The number of carbonyl (C=O) groups excluding carboxylic acids is 4. The largest absolute Gasteiger partial charge is 0.335 e. The Morgan fingerprint density at radius 2 is 1.73 bits per heavy atom. The molecule has 1 aromatic carbocycles. The highest BCUT2D eigenvalue weighted by Gasteiger charge is 2.53. The van der Waals surface area contributed by atoms with Crippen LogP contribution in [0.1, 0.15) is 57.6 Å². The van der Waals surface area contributed by atoms with Crippen LogP contribution < -0.4 is 10.6 Å². The second-order valence-electron chi connectivity index (χ2n) is 10.6. The fourth-order valence-corrected chi connectivity index (χ4v) is 4.89. The Hall–Kier alpha value is -2.90. The van der Waals surface area contributed by atoms with Gasteiger partial charge in [-0.2, -0.15) is 0 Å². The number of nitrogens with one attached hydrogen (secondary N) is 2. The minimum absolute atomic E-state index is 0.156.